The average Bonchev–Trinajstić information content (AvgIpc) is 2.89. The number of halogens is 1. The van der Waals surface area contributed by atoms with Crippen LogP contribution < -0.4 is 15.0 Å². The van der Waals surface area contributed by atoms with Gasteiger partial charge in [0, 0.05) is 37.3 Å². The lowest BCUT2D eigenvalue weighted by molar-refractivity contribution is 0.0746. The van der Waals surface area contributed by atoms with Gasteiger partial charge in [0.1, 0.15) is 5.75 Å². The zero-order valence-corrected chi connectivity index (χ0v) is 21.6. The van der Waals surface area contributed by atoms with E-state index < -0.39 is 0 Å². The van der Waals surface area contributed by atoms with Crippen molar-refractivity contribution in [1.82, 2.24) is 4.90 Å². The topological polar surface area (TPSA) is 61.9 Å². The smallest absolute Gasteiger partial charge is 0.255 e. The molecule has 0 aromatic heterocycles. The Morgan fingerprint density at radius 2 is 1.58 bits per heavy atom. The summed E-state index contributed by atoms with van der Waals surface area (Å²) in [5.41, 5.74) is 3.78. The van der Waals surface area contributed by atoms with Crippen molar-refractivity contribution < 1.29 is 14.3 Å². The van der Waals surface area contributed by atoms with Crippen LogP contribution in [-0.4, -0.2) is 49.5 Å². The number of carbonyl (C=O) groups is 2. The number of unbranched alkanes of at least 4 members (excludes halogenated alkanes) is 1. The number of para-hydroxylation sites is 1. The summed E-state index contributed by atoms with van der Waals surface area (Å²) < 4.78 is 5.69. The van der Waals surface area contributed by atoms with E-state index in [2.05, 4.69) is 17.1 Å². The summed E-state index contributed by atoms with van der Waals surface area (Å²) >= 11 is 6.59. The van der Waals surface area contributed by atoms with Crippen LogP contribution in [0.4, 0.5) is 11.4 Å². The first-order chi connectivity index (χ1) is 17.5. The summed E-state index contributed by atoms with van der Waals surface area (Å²) in [6.45, 7) is 7.17. The number of hydrogen-bond donors (Lipinski definition) is 1. The molecule has 6 nitrogen and oxygen atoms in total. The van der Waals surface area contributed by atoms with Gasteiger partial charge in [-0.1, -0.05) is 48.7 Å². The van der Waals surface area contributed by atoms with Crippen molar-refractivity contribution in [3.8, 4) is 5.75 Å². The number of rotatable bonds is 8. The second-order valence-corrected chi connectivity index (χ2v) is 9.37. The molecular formula is C29H32ClN3O3. The highest BCUT2D eigenvalue weighted by Gasteiger charge is 2.25. The van der Waals surface area contributed by atoms with Gasteiger partial charge in [0.05, 0.1) is 23.0 Å². The minimum Gasteiger partial charge on any atom is -0.494 e. The molecule has 0 aliphatic carbocycles. The van der Waals surface area contributed by atoms with E-state index in [1.54, 1.807) is 12.1 Å². The number of anilines is 2. The Kier molecular flexibility index (Phi) is 8.49. The standard InChI is InChI=1S/C29H32ClN3O3/c1-3-4-20-36-24-14-12-22(13-15-24)28(34)31-26-7-5-6-25(30)27(26)32-16-18-33(19-17-32)29(35)23-10-8-21(2)9-11-23/h5-15H,3-4,16-20H2,1-2H3,(H,31,34). The van der Waals surface area contributed by atoms with E-state index in [9.17, 15) is 9.59 Å². The Bertz CT molecular complexity index is 1190. The fraction of sp³-hybridized carbons (Fsp3) is 0.310. The summed E-state index contributed by atoms with van der Waals surface area (Å²) in [6, 6.07) is 20.3. The molecule has 0 spiro atoms. The van der Waals surface area contributed by atoms with Crippen molar-refractivity contribution in [3.05, 3.63) is 88.4 Å². The van der Waals surface area contributed by atoms with Crippen molar-refractivity contribution in [2.75, 3.05) is 43.0 Å². The highest BCUT2D eigenvalue weighted by atomic mass is 35.5. The van der Waals surface area contributed by atoms with Gasteiger partial charge in [-0.25, -0.2) is 0 Å². The Morgan fingerprint density at radius 1 is 0.917 bits per heavy atom. The van der Waals surface area contributed by atoms with Crippen LogP contribution in [-0.2, 0) is 0 Å². The lowest BCUT2D eigenvalue weighted by Gasteiger charge is -2.37. The van der Waals surface area contributed by atoms with Gasteiger partial charge in [-0.3, -0.25) is 9.59 Å². The van der Waals surface area contributed by atoms with Crippen molar-refractivity contribution in [2.24, 2.45) is 0 Å². The number of carbonyl (C=O) groups excluding carboxylic acids is 2. The van der Waals surface area contributed by atoms with Crippen LogP contribution in [0, 0.1) is 6.92 Å². The minimum absolute atomic E-state index is 0.0319. The van der Waals surface area contributed by atoms with Crippen LogP contribution in [0.5, 0.6) is 5.75 Å². The molecule has 0 saturated carbocycles. The SMILES string of the molecule is CCCCOc1ccc(C(=O)Nc2cccc(Cl)c2N2CCN(C(=O)c3ccc(C)cc3)CC2)cc1. The van der Waals surface area contributed by atoms with E-state index >= 15 is 0 Å². The average molecular weight is 506 g/mol. The second-order valence-electron chi connectivity index (χ2n) is 8.96. The minimum atomic E-state index is -0.216. The second kappa shape index (κ2) is 12.0. The van der Waals surface area contributed by atoms with E-state index in [0.29, 0.717) is 54.6 Å². The third-order valence-corrected chi connectivity index (χ3v) is 6.60. The van der Waals surface area contributed by atoms with Gasteiger partial charge in [-0.2, -0.15) is 0 Å². The first-order valence-electron chi connectivity index (χ1n) is 12.4. The number of aryl methyl sites for hydroxylation is 1. The molecule has 4 rings (SSSR count). The Labute approximate surface area is 217 Å². The van der Waals surface area contributed by atoms with Crippen molar-refractivity contribution >= 4 is 34.8 Å². The van der Waals surface area contributed by atoms with Crippen LogP contribution in [0.2, 0.25) is 5.02 Å². The molecule has 1 heterocycles. The zero-order chi connectivity index (χ0) is 25.5. The highest BCUT2D eigenvalue weighted by Crippen LogP contribution is 2.35. The van der Waals surface area contributed by atoms with Gasteiger partial charge >= 0.3 is 0 Å². The van der Waals surface area contributed by atoms with Crippen molar-refractivity contribution in [3.63, 3.8) is 0 Å². The summed E-state index contributed by atoms with van der Waals surface area (Å²) in [4.78, 5) is 29.9. The Morgan fingerprint density at radius 3 is 2.25 bits per heavy atom. The number of ether oxygens (including phenoxy) is 1. The van der Waals surface area contributed by atoms with Gasteiger partial charge in [-0.05, 0) is 61.9 Å². The van der Waals surface area contributed by atoms with Gasteiger partial charge in [0.25, 0.3) is 11.8 Å². The molecule has 36 heavy (non-hydrogen) atoms. The molecule has 1 saturated heterocycles. The maximum Gasteiger partial charge on any atom is 0.255 e. The molecular weight excluding hydrogens is 474 g/mol. The van der Waals surface area contributed by atoms with Crippen LogP contribution >= 0.6 is 11.6 Å². The molecule has 1 N–H and O–H groups in total. The summed E-state index contributed by atoms with van der Waals surface area (Å²) in [6.07, 6.45) is 2.06. The summed E-state index contributed by atoms with van der Waals surface area (Å²) in [7, 11) is 0. The van der Waals surface area contributed by atoms with E-state index in [1.807, 2.05) is 66.4 Å². The molecule has 188 valence electrons. The molecule has 7 heteroatoms. The molecule has 3 aromatic carbocycles. The number of amides is 2. The van der Waals surface area contributed by atoms with E-state index in [-0.39, 0.29) is 11.8 Å². The maximum atomic E-state index is 13.0. The molecule has 1 fully saturated rings. The van der Waals surface area contributed by atoms with E-state index in [4.69, 9.17) is 16.3 Å². The molecule has 0 bridgehead atoms. The lowest BCUT2D eigenvalue weighted by Crippen LogP contribution is -2.49. The van der Waals surface area contributed by atoms with Gasteiger partial charge in [-0.15, -0.1) is 0 Å². The Hall–Kier alpha value is -3.51. The number of nitrogens with one attached hydrogen (secondary N) is 1. The van der Waals surface area contributed by atoms with Gasteiger partial charge in [0.2, 0.25) is 0 Å². The normalized spacial score (nSPS) is 13.4. The van der Waals surface area contributed by atoms with Crippen LogP contribution in [0.1, 0.15) is 46.0 Å². The van der Waals surface area contributed by atoms with Gasteiger partial charge < -0.3 is 19.9 Å². The molecule has 1 aliphatic heterocycles. The number of nitrogens with zero attached hydrogens (tertiary/aromatic N) is 2. The van der Waals surface area contributed by atoms with Crippen LogP contribution in [0.25, 0.3) is 0 Å². The third kappa shape index (κ3) is 6.18. The number of hydrogen-bond acceptors (Lipinski definition) is 4. The molecule has 0 radical (unpaired) electrons. The molecule has 0 unspecified atom stereocenters. The predicted molar refractivity (Wildman–Crippen MR) is 146 cm³/mol. The quantitative estimate of drug-likeness (QED) is 0.379. The van der Waals surface area contributed by atoms with Crippen LogP contribution in [0.15, 0.2) is 66.7 Å². The van der Waals surface area contributed by atoms with E-state index in [0.717, 1.165) is 29.8 Å². The first kappa shape index (κ1) is 25.6. The Balaban J connectivity index is 1.41. The molecule has 1 aliphatic rings. The lowest BCUT2D eigenvalue weighted by atomic mass is 10.1. The molecule has 3 aromatic rings. The number of piperazine rings is 1. The van der Waals surface area contributed by atoms with Crippen LogP contribution in [0.3, 0.4) is 0 Å². The summed E-state index contributed by atoms with van der Waals surface area (Å²) in [5, 5.41) is 3.58. The monoisotopic (exact) mass is 505 g/mol. The zero-order valence-electron chi connectivity index (χ0n) is 20.8. The first-order valence-corrected chi connectivity index (χ1v) is 12.8. The molecule has 0 atom stereocenters. The maximum absolute atomic E-state index is 13.0. The van der Waals surface area contributed by atoms with Gasteiger partial charge in [0.15, 0.2) is 0 Å². The number of benzene rings is 3. The fourth-order valence-corrected chi connectivity index (χ4v) is 4.47. The highest BCUT2D eigenvalue weighted by molar-refractivity contribution is 6.34. The van der Waals surface area contributed by atoms with Crippen molar-refractivity contribution in [2.45, 2.75) is 26.7 Å². The summed E-state index contributed by atoms with van der Waals surface area (Å²) in [5.74, 6) is 0.567. The molecule has 2 amide bonds. The van der Waals surface area contributed by atoms with E-state index in [1.165, 1.54) is 0 Å². The predicted octanol–water partition coefficient (Wildman–Crippen LogP) is 6.04. The van der Waals surface area contributed by atoms with Crippen molar-refractivity contribution in [1.29, 1.82) is 0 Å². The fourth-order valence-electron chi connectivity index (χ4n) is 4.18. The third-order valence-electron chi connectivity index (χ3n) is 6.30. The largest absolute Gasteiger partial charge is 0.494 e.